The molecule has 5 heteroatoms. The molecule has 0 heterocycles. The van der Waals surface area contributed by atoms with Crippen LogP contribution in [0.1, 0.15) is 5.56 Å². The number of anilines is 2. The van der Waals surface area contributed by atoms with Gasteiger partial charge >= 0.3 is 6.03 Å². The highest BCUT2D eigenvalue weighted by molar-refractivity contribution is 9.10. The van der Waals surface area contributed by atoms with Crippen LogP contribution in [-0.4, -0.2) is 19.7 Å². The third-order valence-corrected chi connectivity index (χ3v) is 4.83. The van der Waals surface area contributed by atoms with Gasteiger partial charge in [0, 0.05) is 16.7 Å². The van der Waals surface area contributed by atoms with Gasteiger partial charge in [0.05, 0.1) is 12.8 Å². The molecule has 2 amide bonds. The summed E-state index contributed by atoms with van der Waals surface area (Å²) in [6.45, 7) is 0.428. The Kier molecular flexibility index (Phi) is 6.87. The molecule has 0 fully saturated rings. The van der Waals surface area contributed by atoms with Gasteiger partial charge in [-0.1, -0.05) is 54.6 Å². The first-order valence-electron chi connectivity index (χ1n) is 8.86. The first-order chi connectivity index (χ1) is 13.7. The lowest BCUT2D eigenvalue weighted by molar-refractivity contribution is 0.257. The van der Waals surface area contributed by atoms with Crippen molar-refractivity contribution in [3.63, 3.8) is 0 Å². The fraction of sp³-hybridized carbons (Fsp3) is 0.0870. The van der Waals surface area contributed by atoms with Gasteiger partial charge in [-0.25, -0.2) is 4.79 Å². The second-order valence-electron chi connectivity index (χ2n) is 6.03. The third-order valence-electron chi connectivity index (χ3n) is 4.14. The summed E-state index contributed by atoms with van der Waals surface area (Å²) in [6, 6.07) is 24.7. The van der Waals surface area contributed by atoms with E-state index in [1.54, 1.807) is 12.0 Å². The zero-order valence-electron chi connectivity index (χ0n) is 15.5. The SMILES string of the molecule is COc1ccc(N(C/C=C/c2ccccc2)C(=O)Nc2ccccc2Br)cc1. The molecule has 1 N–H and O–H groups in total. The quantitative estimate of drug-likeness (QED) is 0.498. The molecule has 142 valence electrons. The lowest BCUT2D eigenvalue weighted by Gasteiger charge is -2.22. The number of urea groups is 1. The number of para-hydroxylation sites is 1. The highest BCUT2D eigenvalue weighted by atomic mass is 79.9. The second kappa shape index (κ2) is 9.76. The molecular formula is C23H21BrN2O2. The predicted molar refractivity (Wildman–Crippen MR) is 119 cm³/mol. The number of hydrogen-bond acceptors (Lipinski definition) is 2. The molecule has 0 saturated carbocycles. The normalized spacial score (nSPS) is 10.6. The molecule has 3 rings (SSSR count). The number of ether oxygens (including phenoxy) is 1. The fourth-order valence-electron chi connectivity index (χ4n) is 2.67. The number of hydrogen-bond donors (Lipinski definition) is 1. The summed E-state index contributed by atoms with van der Waals surface area (Å²) < 4.78 is 6.05. The van der Waals surface area contributed by atoms with Crippen LogP contribution in [0.5, 0.6) is 5.75 Å². The summed E-state index contributed by atoms with van der Waals surface area (Å²) in [5, 5.41) is 2.96. The van der Waals surface area contributed by atoms with Crippen molar-refractivity contribution >= 4 is 39.4 Å². The minimum Gasteiger partial charge on any atom is -0.497 e. The molecule has 0 aliphatic carbocycles. The van der Waals surface area contributed by atoms with E-state index in [-0.39, 0.29) is 6.03 Å². The number of halogens is 1. The molecule has 28 heavy (non-hydrogen) atoms. The van der Waals surface area contributed by atoms with Crippen LogP contribution in [0.4, 0.5) is 16.2 Å². The Morgan fingerprint density at radius 1 is 1.00 bits per heavy atom. The van der Waals surface area contributed by atoms with E-state index < -0.39 is 0 Å². The summed E-state index contributed by atoms with van der Waals surface area (Å²) in [6.07, 6.45) is 3.97. The van der Waals surface area contributed by atoms with Crippen molar-refractivity contribution < 1.29 is 9.53 Å². The van der Waals surface area contributed by atoms with E-state index in [4.69, 9.17) is 4.74 Å². The topological polar surface area (TPSA) is 41.6 Å². The fourth-order valence-corrected chi connectivity index (χ4v) is 3.06. The van der Waals surface area contributed by atoms with Crippen molar-refractivity contribution in [2.24, 2.45) is 0 Å². The van der Waals surface area contributed by atoms with Crippen molar-refractivity contribution in [2.75, 3.05) is 23.9 Å². The molecule has 0 aliphatic heterocycles. The van der Waals surface area contributed by atoms with Crippen LogP contribution in [0.3, 0.4) is 0 Å². The number of carbonyl (C=O) groups excluding carboxylic acids is 1. The van der Waals surface area contributed by atoms with Gasteiger partial charge in [0.1, 0.15) is 5.75 Å². The molecule has 0 unspecified atom stereocenters. The summed E-state index contributed by atoms with van der Waals surface area (Å²) in [5.41, 5.74) is 2.59. The highest BCUT2D eigenvalue weighted by Gasteiger charge is 2.16. The zero-order chi connectivity index (χ0) is 19.8. The third kappa shape index (κ3) is 5.24. The largest absolute Gasteiger partial charge is 0.497 e. The number of rotatable bonds is 6. The summed E-state index contributed by atoms with van der Waals surface area (Å²) in [4.78, 5) is 14.7. The molecule has 0 spiro atoms. The minimum atomic E-state index is -0.213. The van der Waals surface area contributed by atoms with Gasteiger partial charge in [-0.3, -0.25) is 4.90 Å². The molecule has 0 bridgehead atoms. The van der Waals surface area contributed by atoms with E-state index in [1.165, 1.54) is 0 Å². The van der Waals surface area contributed by atoms with Crippen LogP contribution in [-0.2, 0) is 0 Å². The van der Waals surface area contributed by atoms with Crippen LogP contribution in [0.2, 0.25) is 0 Å². The second-order valence-corrected chi connectivity index (χ2v) is 6.89. The molecule has 3 aromatic carbocycles. The van der Waals surface area contributed by atoms with Gasteiger partial charge in [0.15, 0.2) is 0 Å². The smallest absolute Gasteiger partial charge is 0.326 e. The lowest BCUT2D eigenvalue weighted by atomic mass is 10.2. The molecule has 0 aromatic heterocycles. The summed E-state index contributed by atoms with van der Waals surface area (Å²) >= 11 is 3.47. The molecule has 0 saturated heterocycles. The average molecular weight is 437 g/mol. The molecule has 0 atom stereocenters. The number of amides is 2. The molecule has 4 nitrogen and oxygen atoms in total. The maximum atomic E-state index is 13.0. The Morgan fingerprint density at radius 3 is 2.36 bits per heavy atom. The standard InChI is InChI=1S/C23H21BrN2O2/c1-28-20-15-13-19(14-16-20)26(17-7-10-18-8-3-2-4-9-18)23(27)25-22-12-6-5-11-21(22)24/h2-16H,17H2,1H3,(H,25,27)/b10-7+. The van der Waals surface area contributed by atoms with Crippen LogP contribution >= 0.6 is 15.9 Å². The summed E-state index contributed by atoms with van der Waals surface area (Å²) in [7, 11) is 1.62. The lowest BCUT2D eigenvalue weighted by Crippen LogP contribution is -2.35. The molecular weight excluding hydrogens is 416 g/mol. The van der Waals surface area contributed by atoms with Crippen molar-refractivity contribution in [1.82, 2.24) is 0 Å². The Bertz CT molecular complexity index is 940. The molecule has 0 radical (unpaired) electrons. The maximum Gasteiger partial charge on any atom is 0.326 e. The Morgan fingerprint density at radius 2 is 1.68 bits per heavy atom. The highest BCUT2D eigenvalue weighted by Crippen LogP contribution is 2.24. The van der Waals surface area contributed by atoms with E-state index in [9.17, 15) is 4.79 Å². The van der Waals surface area contributed by atoms with Crippen LogP contribution in [0.15, 0.2) is 89.4 Å². The number of benzene rings is 3. The first kappa shape index (κ1) is 19.7. The Balaban J connectivity index is 1.81. The number of nitrogens with one attached hydrogen (secondary N) is 1. The maximum absolute atomic E-state index is 13.0. The van der Waals surface area contributed by atoms with E-state index in [0.29, 0.717) is 6.54 Å². The molecule has 3 aromatic rings. The van der Waals surface area contributed by atoms with Crippen molar-refractivity contribution in [3.8, 4) is 5.75 Å². The van der Waals surface area contributed by atoms with Crippen molar-refractivity contribution in [3.05, 3.63) is 95.0 Å². The minimum absolute atomic E-state index is 0.213. The van der Waals surface area contributed by atoms with Gasteiger partial charge in [-0.05, 0) is 57.9 Å². The van der Waals surface area contributed by atoms with Gasteiger partial charge in [-0.2, -0.15) is 0 Å². The van der Waals surface area contributed by atoms with Crippen molar-refractivity contribution in [2.45, 2.75) is 0 Å². The predicted octanol–water partition coefficient (Wildman–Crippen LogP) is 6.21. The average Bonchev–Trinajstić information content (AvgIpc) is 2.74. The molecule has 0 aliphatic rings. The number of nitrogens with zero attached hydrogens (tertiary/aromatic N) is 1. The van der Waals surface area contributed by atoms with Gasteiger partial charge in [-0.15, -0.1) is 0 Å². The monoisotopic (exact) mass is 436 g/mol. The Labute approximate surface area is 173 Å². The van der Waals surface area contributed by atoms with Crippen LogP contribution in [0, 0.1) is 0 Å². The summed E-state index contributed by atoms with van der Waals surface area (Å²) in [5.74, 6) is 0.745. The van der Waals surface area contributed by atoms with Gasteiger partial charge in [0.2, 0.25) is 0 Å². The van der Waals surface area contributed by atoms with Crippen molar-refractivity contribution in [1.29, 1.82) is 0 Å². The van der Waals surface area contributed by atoms with Gasteiger partial charge in [0.25, 0.3) is 0 Å². The zero-order valence-corrected chi connectivity index (χ0v) is 17.1. The number of carbonyl (C=O) groups is 1. The van der Waals surface area contributed by atoms with Gasteiger partial charge < -0.3 is 10.1 Å². The van der Waals surface area contributed by atoms with E-state index >= 15 is 0 Å². The van der Waals surface area contributed by atoms with E-state index in [1.807, 2.05) is 91.0 Å². The number of methoxy groups -OCH3 is 1. The van der Waals surface area contributed by atoms with Crippen LogP contribution in [0.25, 0.3) is 6.08 Å². The Hall–Kier alpha value is -3.05. The van der Waals surface area contributed by atoms with E-state index in [2.05, 4.69) is 21.2 Å². The first-order valence-corrected chi connectivity index (χ1v) is 9.65. The van der Waals surface area contributed by atoms with E-state index in [0.717, 1.165) is 27.2 Å². The van der Waals surface area contributed by atoms with Crippen LogP contribution < -0.4 is 15.0 Å².